The number of hydrogen-bond acceptors (Lipinski definition) is 6. The van der Waals surface area contributed by atoms with Crippen molar-refractivity contribution in [3.8, 4) is 0 Å². The highest BCUT2D eigenvalue weighted by Gasteiger charge is 2.12. The summed E-state index contributed by atoms with van der Waals surface area (Å²) in [5, 5.41) is 0. The molecule has 0 amide bonds. The van der Waals surface area contributed by atoms with Crippen LogP contribution < -0.4 is 0 Å². The predicted octanol–water partition coefficient (Wildman–Crippen LogP) is 5.43. The largest absolute Gasteiger partial charge is 0.377 e. The predicted molar refractivity (Wildman–Crippen MR) is 146 cm³/mol. The maximum atomic E-state index is 5.88. The molecule has 2 unspecified atom stereocenters. The second-order valence-corrected chi connectivity index (χ2v) is 11.3. The van der Waals surface area contributed by atoms with Crippen LogP contribution in [-0.4, -0.2) is 101 Å². The van der Waals surface area contributed by atoms with Gasteiger partial charge in [0.15, 0.2) is 12.6 Å². The molecule has 0 saturated heterocycles. The average Bonchev–Trinajstić information content (AvgIpc) is 2.80. The fourth-order valence-electron chi connectivity index (χ4n) is 3.00. The molecule has 8 heteroatoms. The van der Waals surface area contributed by atoms with Crippen LogP contribution >= 0.6 is 17.2 Å². The van der Waals surface area contributed by atoms with Crippen molar-refractivity contribution >= 4 is 17.2 Å². The van der Waals surface area contributed by atoms with E-state index in [4.69, 9.17) is 23.7 Å². The van der Waals surface area contributed by atoms with Gasteiger partial charge in [-0.25, -0.2) is 0 Å². The van der Waals surface area contributed by atoms with Gasteiger partial charge >= 0.3 is 0 Å². The average molecular weight is 512 g/mol. The molecular weight excluding hydrogens is 456 g/mol. The zero-order chi connectivity index (χ0) is 24.6. The highest BCUT2D eigenvalue weighted by Crippen LogP contribution is 2.18. The SMILES string of the molecule is CCCOC(CPCCN(CCOC(C)C)CCPCC(OCCC)OCCC)OCCC. The van der Waals surface area contributed by atoms with Gasteiger partial charge in [-0.15, -0.1) is 17.2 Å². The van der Waals surface area contributed by atoms with Gasteiger partial charge in [0.25, 0.3) is 0 Å². The van der Waals surface area contributed by atoms with E-state index in [1.165, 1.54) is 12.3 Å². The zero-order valence-electron chi connectivity index (χ0n) is 22.5. The Morgan fingerprint density at radius 1 is 0.545 bits per heavy atom. The Balaban J connectivity index is 4.36. The first kappa shape index (κ1) is 33.6. The Labute approximate surface area is 209 Å². The minimum absolute atomic E-state index is 0.0365. The Morgan fingerprint density at radius 2 is 0.939 bits per heavy atom. The number of nitrogens with zero attached hydrogens (tertiary/aromatic N) is 1. The molecule has 0 aromatic carbocycles. The molecule has 200 valence electrons. The van der Waals surface area contributed by atoms with E-state index in [2.05, 4.69) is 46.4 Å². The van der Waals surface area contributed by atoms with Gasteiger partial charge in [0.1, 0.15) is 0 Å². The summed E-state index contributed by atoms with van der Waals surface area (Å²) in [6.45, 7) is 19.9. The van der Waals surface area contributed by atoms with Crippen LogP contribution in [0.2, 0.25) is 0 Å². The second-order valence-electron chi connectivity index (χ2n) is 8.51. The summed E-state index contributed by atoms with van der Waals surface area (Å²) in [6, 6.07) is 0. The maximum Gasteiger partial charge on any atom is 0.161 e. The summed E-state index contributed by atoms with van der Waals surface area (Å²) >= 11 is 0. The van der Waals surface area contributed by atoms with Crippen LogP contribution in [0.4, 0.5) is 0 Å². The van der Waals surface area contributed by atoms with E-state index in [0.29, 0.717) is 0 Å². The third-order valence-corrected chi connectivity index (χ3v) is 7.12. The third kappa shape index (κ3) is 22.8. The molecule has 0 aliphatic carbocycles. The van der Waals surface area contributed by atoms with Crippen molar-refractivity contribution in [1.29, 1.82) is 0 Å². The van der Waals surface area contributed by atoms with E-state index in [-0.39, 0.29) is 18.7 Å². The monoisotopic (exact) mass is 511 g/mol. The van der Waals surface area contributed by atoms with Crippen LogP contribution in [0.1, 0.15) is 67.2 Å². The number of ether oxygens (including phenoxy) is 5. The van der Waals surface area contributed by atoms with Crippen molar-refractivity contribution in [3.63, 3.8) is 0 Å². The molecule has 0 fully saturated rings. The van der Waals surface area contributed by atoms with E-state index in [9.17, 15) is 0 Å². The molecule has 6 nitrogen and oxygen atoms in total. The molecule has 0 aliphatic heterocycles. The summed E-state index contributed by atoms with van der Waals surface area (Å²) in [4.78, 5) is 2.56. The molecule has 0 rings (SSSR count). The molecule has 0 heterocycles. The number of rotatable bonds is 26. The minimum Gasteiger partial charge on any atom is -0.377 e. The smallest absolute Gasteiger partial charge is 0.161 e. The van der Waals surface area contributed by atoms with E-state index in [0.717, 1.165) is 108 Å². The van der Waals surface area contributed by atoms with E-state index < -0.39 is 0 Å². The van der Waals surface area contributed by atoms with E-state index >= 15 is 0 Å². The lowest BCUT2D eigenvalue weighted by Gasteiger charge is -2.24. The second kappa shape index (κ2) is 25.7. The first-order valence-electron chi connectivity index (χ1n) is 13.3. The summed E-state index contributed by atoms with van der Waals surface area (Å²) < 4.78 is 29.3. The highest BCUT2D eigenvalue weighted by molar-refractivity contribution is 7.38. The van der Waals surface area contributed by atoms with Gasteiger partial charge in [-0.2, -0.15) is 0 Å². The lowest BCUT2D eigenvalue weighted by molar-refractivity contribution is -0.127. The van der Waals surface area contributed by atoms with Crippen molar-refractivity contribution in [3.05, 3.63) is 0 Å². The van der Waals surface area contributed by atoms with Crippen molar-refractivity contribution in [1.82, 2.24) is 4.90 Å². The van der Waals surface area contributed by atoms with Gasteiger partial charge in [0.2, 0.25) is 0 Å². The van der Waals surface area contributed by atoms with Gasteiger partial charge in [0.05, 0.1) is 12.7 Å². The fourth-order valence-corrected chi connectivity index (χ4v) is 5.30. The van der Waals surface area contributed by atoms with Gasteiger partial charge in [-0.1, -0.05) is 27.7 Å². The third-order valence-electron chi connectivity index (χ3n) is 4.72. The van der Waals surface area contributed by atoms with Crippen LogP contribution in [0.25, 0.3) is 0 Å². The Hall–Kier alpha value is 0.620. The molecule has 0 saturated carbocycles. The van der Waals surface area contributed by atoms with Crippen LogP contribution in [0.15, 0.2) is 0 Å². The highest BCUT2D eigenvalue weighted by atomic mass is 31.1. The van der Waals surface area contributed by atoms with Crippen molar-refractivity contribution in [2.24, 2.45) is 0 Å². The molecule has 0 aromatic heterocycles. The molecule has 0 aliphatic rings. The standard InChI is InChI=1S/C25H55NO5P2/c1-7-14-28-24(29-15-8-2)21-32-19-12-26(11-18-27-23(5)6)13-20-33-22-25(30-16-9-3)31-17-10-4/h23-25,32-33H,7-22H2,1-6H3. The molecular formula is C25H55NO5P2. The molecule has 0 aromatic rings. The van der Waals surface area contributed by atoms with E-state index in [1.54, 1.807) is 0 Å². The molecule has 33 heavy (non-hydrogen) atoms. The van der Waals surface area contributed by atoms with E-state index in [1.807, 2.05) is 0 Å². The first-order valence-corrected chi connectivity index (χ1v) is 16.1. The van der Waals surface area contributed by atoms with Crippen LogP contribution in [-0.2, 0) is 23.7 Å². The molecule has 0 bridgehead atoms. The first-order chi connectivity index (χ1) is 16.1. The summed E-state index contributed by atoms with van der Waals surface area (Å²) in [6.07, 6.45) is 8.74. The van der Waals surface area contributed by atoms with Gasteiger partial charge in [0, 0.05) is 58.4 Å². The van der Waals surface area contributed by atoms with Gasteiger partial charge in [-0.05, 0) is 51.9 Å². The van der Waals surface area contributed by atoms with Crippen LogP contribution in [0, 0.1) is 0 Å². The maximum absolute atomic E-state index is 5.88. The van der Waals surface area contributed by atoms with Crippen molar-refractivity contribution < 1.29 is 23.7 Å². The lowest BCUT2D eigenvalue weighted by Crippen LogP contribution is -2.33. The Morgan fingerprint density at radius 3 is 1.27 bits per heavy atom. The topological polar surface area (TPSA) is 49.4 Å². The zero-order valence-corrected chi connectivity index (χ0v) is 24.5. The lowest BCUT2D eigenvalue weighted by atomic mass is 10.4. The molecule has 0 N–H and O–H groups in total. The fraction of sp³-hybridized carbons (Fsp3) is 1.00. The summed E-state index contributed by atoms with van der Waals surface area (Å²) in [5.74, 6) is 0. The normalized spacial score (nSPS) is 12.9. The van der Waals surface area contributed by atoms with Crippen LogP contribution in [0.3, 0.4) is 0 Å². The number of hydrogen-bond donors (Lipinski definition) is 0. The van der Waals surface area contributed by atoms with Crippen molar-refractivity contribution in [2.45, 2.75) is 85.9 Å². The van der Waals surface area contributed by atoms with Gasteiger partial charge < -0.3 is 28.6 Å². The summed E-state index contributed by atoms with van der Waals surface area (Å²) in [7, 11) is 1.72. The minimum atomic E-state index is -0.0365. The molecule has 0 spiro atoms. The van der Waals surface area contributed by atoms with Crippen molar-refractivity contribution in [2.75, 3.05) is 77.3 Å². The molecule has 0 radical (unpaired) electrons. The van der Waals surface area contributed by atoms with Crippen LogP contribution in [0.5, 0.6) is 0 Å². The molecule has 2 atom stereocenters. The van der Waals surface area contributed by atoms with Gasteiger partial charge in [-0.3, -0.25) is 0 Å². The summed E-state index contributed by atoms with van der Waals surface area (Å²) in [5.41, 5.74) is 0. The Bertz CT molecular complexity index is 350. The Kier molecular flexibility index (Phi) is 26.2. The quantitative estimate of drug-likeness (QED) is 0.0877.